The molecule has 29 heavy (non-hydrogen) atoms. The summed E-state index contributed by atoms with van der Waals surface area (Å²) in [7, 11) is -3.74. The van der Waals surface area contributed by atoms with Gasteiger partial charge in [-0.05, 0) is 56.0 Å². The zero-order valence-corrected chi connectivity index (χ0v) is 18.0. The van der Waals surface area contributed by atoms with Crippen molar-refractivity contribution in [2.45, 2.75) is 50.0 Å². The number of nitrogens with zero attached hydrogens (tertiary/aromatic N) is 2. The topological polar surface area (TPSA) is 57.7 Å². The van der Waals surface area contributed by atoms with Gasteiger partial charge in [-0.1, -0.05) is 42.6 Å². The molecule has 0 aliphatic carbocycles. The van der Waals surface area contributed by atoms with Crippen molar-refractivity contribution in [2.75, 3.05) is 18.0 Å². The lowest BCUT2D eigenvalue weighted by Gasteiger charge is -2.24. The summed E-state index contributed by atoms with van der Waals surface area (Å²) in [4.78, 5) is 15.1. The Morgan fingerprint density at radius 1 is 1.03 bits per heavy atom. The smallest absolute Gasteiger partial charge is 0.258 e. The highest BCUT2D eigenvalue weighted by Crippen LogP contribution is 2.34. The van der Waals surface area contributed by atoms with Crippen molar-refractivity contribution in [1.29, 1.82) is 0 Å². The molecular formula is C22H25ClN2O3S. The van der Waals surface area contributed by atoms with Gasteiger partial charge < -0.3 is 4.90 Å². The minimum absolute atomic E-state index is 0.0150. The van der Waals surface area contributed by atoms with Crippen molar-refractivity contribution in [1.82, 2.24) is 4.31 Å². The Morgan fingerprint density at radius 2 is 1.72 bits per heavy atom. The summed E-state index contributed by atoms with van der Waals surface area (Å²) in [6.07, 6.45) is 4.54. The van der Waals surface area contributed by atoms with Crippen LogP contribution in [0.5, 0.6) is 0 Å². The molecule has 5 nitrogen and oxygen atoms in total. The third-order valence-electron chi connectivity index (χ3n) is 5.79. The van der Waals surface area contributed by atoms with E-state index in [4.69, 9.17) is 11.6 Å². The molecule has 154 valence electrons. The maximum absolute atomic E-state index is 13.3. The monoisotopic (exact) mass is 432 g/mol. The number of benzene rings is 2. The highest BCUT2D eigenvalue weighted by molar-refractivity contribution is 7.89. The molecule has 0 bridgehead atoms. The maximum Gasteiger partial charge on any atom is 0.258 e. The number of sulfonamides is 1. The van der Waals surface area contributed by atoms with Crippen LogP contribution in [0.2, 0.25) is 5.02 Å². The fourth-order valence-electron chi connectivity index (χ4n) is 4.27. The first-order valence-corrected chi connectivity index (χ1v) is 11.9. The summed E-state index contributed by atoms with van der Waals surface area (Å²) in [5, 5.41) is 0.153. The molecule has 1 atom stereocenters. The second-order valence-electron chi connectivity index (χ2n) is 7.82. The average Bonchev–Trinajstić information content (AvgIpc) is 2.86. The first-order chi connectivity index (χ1) is 13.9. The number of hydrogen-bond donors (Lipinski definition) is 0. The van der Waals surface area contributed by atoms with Gasteiger partial charge in [0, 0.05) is 30.4 Å². The van der Waals surface area contributed by atoms with E-state index < -0.39 is 10.0 Å². The average molecular weight is 433 g/mol. The summed E-state index contributed by atoms with van der Waals surface area (Å²) in [5.41, 5.74) is 2.35. The predicted octanol–water partition coefficient (Wildman–Crippen LogP) is 4.50. The van der Waals surface area contributed by atoms with E-state index in [9.17, 15) is 13.2 Å². The molecule has 1 fully saturated rings. The third-order valence-corrected chi connectivity index (χ3v) is 8.17. The first-order valence-electron chi connectivity index (χ1n) is 10.1. The Hall–Kier alpha value is -1.89. The second kappa shape index (κ2) is 8.09. The van der Waals surface area contributed by atoms with E-state index in [0.717, 1.165) is 43.4 Å². The number of anilines is 1. The Kier molecular flexibility index (Phi) is 5.69. The van der Waals surface area contributed by atoms with Gasteiger partial charge in [-0.25, -0.2) is 8.42 Å². The zero-order valence-electron chi connectivity index (χ0n) is 16.5. The Labute approximate surface area is 177 Å². The molecule has 2 heterocycles. The van der Waals surface area contributed by atoms with Crippen LogP contribution in [0.1, 0.15) is 48.5 Å². The number of para-hydroxylation sites is 1. The van der Waals surface area contributed by atoms with Crippen LogP contribution in [0.3, 0.4) is 0 Å². The zero-order chi connectivity index (χ0) is 20.6. The maximum atomic E-state index is 13.3. The van der Waals surface area contributed by atoms with Gasteiger partial charge in [-0.2, -0.15) is 4.31 Å². The molecule has 2 aromatic rings. The molecule has 7 heteroatoms. The van der Waals surface area contributed by atoms with Crippen molar-refractivity contribution in [3.63, 3.8) is 0 Å². The first kappa shape index (κ1) is 20.4. The van der Waals surface area contributed by atoms with E-state index >= 15 is 0 Å². The third kappa shape index (κ3) is 3.81. The van der Waals surface area contributed by atoms with Gasteiger partial charge >= 0.3 is 0 Å². The summed E-state index contributed by atoms with van der Waals surface area (Å²) in [6.45, 7) is 2.99. The number of hydrogen-bond acceptors (Lipinski definition) is 3. The molecule has 1 amide bonds. The van der Waals surface area contributed by atoms with Crippen LogP contribution in [0.15, 0.2) is 47.4 Å². The van der Waals surface area contributed by atoms with Crippen LogP contribution in [0.25, 0.3) is 0 Å². The van der Waals surface area contributed by atoms with E-state index in [2.05, 4.69) is 0 Å². The Morgan fingerprint density at radius 3 is 2.45 bits per heavy atom. The van der Waals surface area contributed by atoms with E-state index in [1.54, 1.807) is 11.0 Å². The summed E-state index contributed by atoms with van der Waals surface area (Å²) >= 11 is 6.28. The highest BCUT2D eigenvalue weighted by atomic mass is 35.5. The minimum atomic E-state index is -3.74. The molecule has 2 aliphatic heterocycles. The van der Waals surface area contributed by atoms with Crippen LogP contribution in [-0.2, 0) is 16.4 Å². The van der Waals surface area contributed by atoms with E-state index in [0.29, 0.717) is 18.7 Å². The minimum Gasteiger partial charge on any atom is -0.305 e. The van der Waals surface area contributed by atoms with Gasteiger partial charge in [0.25, 0.3) is 5.91 Å². The summed E-state index contributed by atoms with van der Waals surface area (Å²) < 4.78 is 28.0. The van der Waals surface area contributed by atoms with Crippen LogP contribution in [0, 0.1) is 0 Å². The van der Waals surface area contributed by atoms with Crippen LogP contribution in [0.4, 0.5) is 5.69 Å². The van der Waals surface area contributed by atoms with Gasteiger partial charge in [-0.15, -0.1) is 0 Å². The van der Waals surface area contributed by atoms with E-state index in [1.807, 2.05) is 31.2 Å². The molecule has 2 aromatic carbocycles. The number of carbonyl (C=O) groups is 1. The van der Waals surface area contributed by atoms with Gasteiger partial charge in [-0.3, -0.25) is 4.79 Å². The van der Waals surface area contributed by atoms with Crippen LogP contribution < -0.4 is 4.90 Å². The van der Waals surface area contributed by atoms with Gasteiger partial charge in [0.15, 0.2) is 0 Å². The highest BCUT2D eigenvalue weighted by Gasteiger charge is 2.33. The molecule has 4 rings (SSSR count). The molecule has 0 spiro atoms. The largest absolute Gasteiger partial charge is 0.305 e. The Balaban J connectivity index is 1.69. The molecule has 0 N–H and O–H groups in total. The number of amides is 1. The fraction of sp³-hybridized carbons (Fsp3) is 0.409. The number of fused-ring (bicyclic) bond motifs is 1. The van der Waals surface area contributed by atoms with Crippen molar-refractivity contribution in [3.05, 3.63) is 58.6 Å². The van der Waals surface area contributed by atoms with Crippen molar-refractivity contribution in [2.24, 2.45) is 0 Å². The normalized spacial score (nSPS) is 20.3. The lowest BCUT2D eigenvalue weighted by Crippen LogP contribution is -2.36. The molecule has 0 saturated carbocycles. The molecule has 1 saturated heterocycles. The van der Waals surface area contributed by atoms with Crippen LogP contribution >= 0.6 is 11.6 Å². The molecule has 0 radical (unpaired) electrons. The fourth-order valence-corrected chi connectivity index (χ4v) is 6.29. The van der Waals surface area contributed by atoms with Crippen molar-refractivity contribution < 1.29 is 13.2 Å². The number of halogens is 1. The molecule has 2 aliphatic rings. The van der Waals surface area contributed by atoms with Gasteiger partial charge in [0.1, 0.15) is 4.90 Å². The van der Waals surface area contributed by atoms with Gasteiger partial charge in [0.05, 0.1) is 5.02 Å². The van der Waals surface area contributed by atoms with Crippen LogP contribution in [-0.4, -0.2) is 37.8 Å². The molecule has 0 unspecified atom stereocenters. The summed E-state index contributed by atoms with van der Waals surface area (Å²) in [5.74, 6) is -0.202. The Bertz CT molecular complexity index is 1030. The molecular weight excluding hydrogens is 408 g/mol. The van der Waals surface area contributed by atoms with Crippen molar-refractivity contribution >= 4 is 33.2 Å². The number of carbonyl (C=O) groups excluding carboxylic acids is 1. The standard InChI is InChI=1S/C22H25ClN2O3S/c1-16-14-17-8-4-5-9-20(17)25(16)22(26)18-10-11-19(23)21(15-18)29(27,28)24-12-6-2-3-7-13-24/h4-5,8-11,15-16H,2-3,6-7,12-14H2,1H3/t16-/m1/s1. The predicted molar refractivity (Wildman–Crippen MR) is 115 cm³/mol. The molecule has 0 aromatic heterocycles. The van der Waals surface area contributed by atoms with E-state index in [-0.39, 0.29) is 21.9 Å². The number of rotatable bonds is 3. The lowest BCUT2D eigenvalue weighted by atomic mass is 10.1. The SMILES string of the molecule is C[C@@H]1Cc2ccccc2N1C(=O)c1ccc(Cl)c(S(=O)(=O)N2CCCCCC2)c1. The van der Waals surface area contributed by atoms with E-state index in [1.165, 1.54) is 16.4 Å². The lowest BCUT2D eigenvalue weighted by molar-refractivity contribution is 0.0981. The second-order valence-corrected chi connectivity index (χ2v) is 10.1. The summed E-state index contributed by atoms with van der Waals surface area (Å²) in [6, 6.07) is 12.4. The van der Waals surface area contributed by atoms with Crippen molar-refractivity contribution in [3.8, 4) is 0 Å². The van der Waals surface area contributed by atoms with Gasteiger partial charge in [0.2, 0.25) is 10.0 Å². The quantitative estimate of drug-likeness (QED) is 0.717.